The number of aryl methyl sites for hydroxylation is 1. The van der Waals surface area contributed by atoms with Gasteiger partial charge in [-0.05, 0) is 38.0 Å². The Morgan fingerprint density at radius 2 is 2.23 bits per heavy atom. The molecular formula is C16H17N3O3. The monoisotopic (exact) mass is 299 g/mol. The zero-order valence-corrected chi connectivity index (χ0v) is 12.3. The Kier molecular flexibility index (Phi) is 3.03. The maximum Gasteiger partial charge on any atom is 0.254 e. The van der Waals surface area contributed by atoms with Crippen molar-refractivity contribution in [3.8, 4) is 11.5 Å². The zero-order valence-electron chi connectivity index (χ0n) is 12.3. The highest BCUT2D eigenvalue weighted by Crippen LogP contribution is 2.35. The van der Waals surface area contributed by atoms with Gasteiger partial charge in [0, 0.05) is 24.0 Å². The lowest BCUT2D eigenvalue weighted by molar-refractivity contribution is 0.0730. The first-order chi connectivity index (χ1) is 10.7. The summed E-state index contributed by atoms with van der Waals surface area (Å²) in [6.45, 7) is 2.93. The Morgan fingerprint density at radius 1 is 1.36 bits per heavy atom. The summed E-state index contributed by atoms with van der Waals surface area (Å²) in [4.78, 5) is 22.3. The van der Waals surface area contributed by atoms with Crippen LogP contribution >= 0.6 is 0 Å². The van der Waals surface area contributed by atoms with Crippen LogP contribution in [0.1, 0.15) is 40.8 Å². The van der Waals surface area contributed by atoms with Crippen LogP contribution < -0.4 is 9.47 Å². The van der Waals surface area contributed by atoms with Crippen molar-refractivity contribution in [2.75, 3.05) is 13.3 Å². The van der Waals surface area contributed by atoms with Crippen molar-refractivity contribution >= 4 is 5.91 Å². The highest BCUT2D eigenvalue weighted by atomic mass is 16.7. The van der Waals surface area contributed by atoms with Crippen LogP contribution in [0.5, 0.6) is 11.5 Å². The van der Waals surface area contributed by atoms with Gasteiger partial charge in [-0.25, -0.2) is 4.98 Å². The first kappa shape index (κ1) is 13.2. The minimum atomic E-state index is 0.00912. The average Bonchev–Trinajstić information content (AvgIpc) is 3.25. The summed E-state index contributed by atoms with van der Waals surface area (Å²) in [5, 5.41) is 0. The number of benzene rings is 1. The van der Waals surface area contributed by atoms with Crippen molar-refractivity contribution in [3.63, 3.8) is 0 Å². The van der Waals surface area contributed by atoms with Gasteiger partial charge in [0.2, 0.25) is 6.79 Å². The van der Waals surface area contributed by atoms with Gasteiger partial charge < -0.3 is 19.4 Å². The molecule has 0 aliphatic carbocycles. The van der Waals surface area contributed by atoms with E-state index in [2.05, 4.69) is 9.97 Å². The van der Waals surface area contributed by atoms with Crippen LogP contribution in [0.2, 0.25) is 0 Å². The number of hydrogen-bond donors (Lipinski definition) is 1. The second-order valence-electron chi connectivity index (χ2n) is 5.68. The van der Waals surface area contributed by atoms with E-state index >= 15 is 0 Å². The molecule has 3 heterocycles. The van der Waals surface area contributed by atoms with Crippen LogP contribution in [0.4, 0.5) is 0 Å². The number of H-pyrrole nitrogens is 1. The number of rotatable bonds is 2. The normalized spacial score (nSPS) is 19.7. The maximum atomic E-state index is 12.8. The molecule has 1 saturated heterocycles. The molecule has 6 heteroatoms. The lowest BCUT2D eigenvalue weighted by Crippen LogP contribution is -2.31. The lowest BCUT2D eigenvalue weighted by atomic mass is 10.1. The number of aromatic nitrogens is 2. The Bertz CT molecular complexity index is 725. The number of nitrogens with zero attached hydrogens (tertiary/aromatic N) is 2. The molecule has 0 bridgehead atoms. The molecule has 114 valence electrons. The molecule has 1 atom stereocenters. The summed E-state index contributed by atoms with van der Waals surface area (Å²) >= 11 is 0. The molecular weight excluding hydrogens is 282 g/mol. The lowest BCUT2D eigenvalue weighted by Gasteiger charge is -2.23. The number of carbonyl (C=O) groups excluding carboxylic acids is 1. The van der Waals surface area contributed by atoms with Crippen LogP contribution in [-0.4, -0.2) is 34.1 Å². The van der Waals surface area contributed by atoms with E-state index in [1.807, 2.05) is 11.8 Å². The predicted molar refractivity (Wildman–Crippen MR) is 78.9 cm³/mol. The summed E-state index contributed by atoms with van der Waals surface area (Å²) in [6.07, 6.45) is 3.72. The van der Waals surface area contributed by atoms with Crippen molar-refractivity contribution in [1.82, 2.24) is 14.9 Å². The Hall–Kier alpha value is -2.50. The van der Waals surface area contributed by atoms with Gasteiger partial charge in [-0.1, -0.05) is 0 Å². The van der Waals surface area contributed by atoms with Gasteiger partial charge >= 0.3 is 0 Å². The molecule has 1 N–H and O–H groups in total. The minimum Gasteiger partial charge on any atom is -0.454 e. The van der Waals surface area contributed by atoms with Gasteiger partial charge in [0.25, 0.3) is 5.91 Å². The highest BCUT2D eigenvalue weighted by molar-refractivity contribution is 5.95. The van der Waals surface area contributed by atoms with Gasteiger partial charge in [0.05, 0.1) is 6.04 Å². The highest BCUT2D eigenvalue weighted by Gasteiger charge is 2.33. The minimum absolute atomic E-state index is 0.00912. The number of hydrogen-bond acceptors (Lipinski definition) is 4. The fourth-order valence-corrected chi connectivity index (χ4v) is 3.09. The van der Waals surface area contributed by atoms with E-state index in [1.54, 1.807) is 24.4 Å². The molecule has 1 fully saturated rings. The van der Waals surface area contributed by atoms with Crippen LogP contribution in [0.15, 0.2) is 24.4 Å². The quantitative estimate of drug-likeness (QED) is 0.924. The molecule has 22 heavy (non-hydrogen) atoms. The molecule has 0 saturated carbocycles. The van der Waals surface area contributed by atoms with Gasteiger partial charge in [-0.2, -0.15) is 0 Å². The third-order valence-corrected chi connectivity index (χ3v) is 4.17. The van der Waals surface area contributed by atoms with E-state index < -0.39 is 0 Å². The van der Waals surface area contributed by atoms with Crippen molar-refractivity contribution in [3.05, 3.63) is 41.5 Å². The third-order valence-electron chi connectivity index (χ3n) is 4.17. The Morgan fingerprint density at radius 3 is 3.05 bits per heavy atom. The Labute approximate surface area is 128 Å². The molecule has 1 amide bonds. The van der Waals surface area contributed by atoms with Crippen LogP contribution in [-0.2, 0) is 0 Å². The second-order valence-corrected chi connectivity index (χ2v) is 5.68. The van der Waals surface area contributed by atoms with E-state index in [4.69, 9.17) is 9.47 Å². The molecule has 6 nitrogen and oxygen atoms in total. The molecule has 2 aliphatic rings. The largest absolute Gasteiger partial charge is 0.454 e. The molecule has 0 radical (unpaired) electrons. The first-order valence-electron chi connectivity index (χ1n) is 7.44. The molecule has 0 spiro atoms. The molecule has 2 aliphatic heterocycles. The summed E-state index contributed by atoms with van der Waals surface area (Å²) in [6, 6.07) is 5.36. The zero-order chi connectivity index (χ0) is 15.1. The van der Waals surface area contributed by atoms with Crippen molar-refractivity contribution < 1.29 is 14.3 Å². The Balaban J connectivity index is 1.61. The van der Waals surface area contributed by atoms with Crippen LogP contribution in [0, 0.1) is 6.92 Å². The van der Waals surface area contributed by atoms with E-state index in [9.17, 15) is 4.79 Å². The van der Waals surface area contributed by atoms with Crippen molar-refractivity contribution in [2.24, 2.45) is 0 Å². The smallest absolute Gasteiger partial charge is 0.254 e. The topological polar surface area (TPSA) is 67.5 Å². The number of amides is 1. The van der Waals surface area contributed by atoms with Crippen molar-refractivity contribution in [1.29, 1.82) is 0 Å². The fourth-order valence-electron chi connectivity index (χ4n) is 3.09. The number of likely N-dealkylation sites (tertiary alicyclic amines) is 1. The number of aromatic amines is 1. The van der Waals surface area contributed by atoms with Crippen LogP contribution in [0.3, 0.4) is 0 Å². The van der Waals surface area contributed by atoms with Gasteiger partial charge in [-0.15, -0.1) is 0 Å². The van der Waals surface area contributed by atoms with Gasteiger partial charge in [0.1, 0.15) is 5.82 Å². The summed E-state index contributed by atoms with van der Waals surface area (Å²) in [5.41, 5.74) is 1.64. The van der Waals surface area contributed by atoms with Crippen LogP contribution in [0.25, 0.3) is 0 Å². The second kappa shape index (κ2) is 5.05. The average molecular weight is 299 g/mol. The van der Waals surface area contributed by atoms with E-state index in [1.165, 1.54) is 0 Å². The van der Waals surface area contributed by atoms with Gasteiger partial charge in [-0.3, -0.25) is 4.79 Å². The molecule has 1 aromatic carbocycles. The molecule has 2 aromatic rings. The molecule has 1 aromatic heterocycles. The summed E-state index contributed by atoms with van der Waals surface area (Å²) in [5.74, 6) is 2.20. The molecule has 4 rings (SSSR count). The van der Waals surface area contributed by atoms with E-state index in [0.29, 0.717) is 17.1 Å². The number of fused-ring (bicyclic) bond motifs is 1. The number of imidazole rings is 1. The number of carbonyl (C=O) groups is 1. The molecule has 0 unspecified atom stereocenters. The SMILES string of the molecule is Cc1cnc([C@@H]2CCCN2C(=O)c2ccc3c(c2)OCO3)[nH]1. The maximum absolute atomic E-state index is 12.8. The first-order valence-corrected chi connectivity index (χ1v) is 7.44. The number of ether oxygens (including phenoxy) is 2. The predicted octanol–water partition coefficient (Wildman–Crippen LogP) is 2.42. The summed E-state index contributed by atoms with van der Waals surface area (Å²) in [7, 11) is 0. The number of nitrogens with one attached hydrogen (secondary N) is 1. The van der Waals surface area contributed by atoms with Gasteiger partial charge in [0.15, 0.2) is 11.5 Å². The van der Waals surface area contributed by atoms with E-state index in [0.717, 1.165) is 30.9 Å². The van der Waals surface area contributed by atoms with E-state index in [-0.39, 0.29) is 18.7 Å². The fraction of sp³-hybridized carbons (Fsp3) is 0.375. The summed E-state index contributed by atoms with van der Waals surface area (Å²) < 4.78 is 10.6. The van der Waals surface area contributed by atoms with Crippen molar-refractivity contribution in [2.45, 2.75) is 25.8 Å². The third kappa shape index (κ3) is 2.11. The standard InChI is InChI=1S/C16H17N3O3/c1-10-8-17-15(18-10)12-3-2-6-19(12)16(20)11-4-5-13-14(7-11)22-9-21-13/h4-5,7-8,12H,2-3,6,9H2,1H3,(H,17,18)/t12-/m0/s1.